The molecule has 0 unspecified atom stereocenters. The van der Waals surface area contributed by atoms with Gasteiger partial charge in [-0.25, -0.2) is 4.98 Å². The van der Waals surface area contributed by atoms with E-state index in [2.05, 4.69) is 20.9 Å². The third-order valence-electron chi connectivity index (χ3n) is 6.14. The summed E-state index contributed by atoms with van der Waals surface area (Å²) in [4.78, 5) is 23.9. The van der Waals surface area contributed by atoms with Crippen molar-refractivity contribution >= 4 is 11.7 Å². The quantitative estimate of drug-likeness (QED) is 0.635. The van der Waals surface area contributed by atoms with E-state index in [0.717, 1.165) is 56.4 Å². The van der Waals surface area contributed by atoms with Crippen molar-refractivity contribution in [2.75, 3.05) is 51.3 Å². The van der Waals surface area contributed by atoms with Crippen molar-refractivity contribution in [3.63, 3.8) is 0 Å². The van der Waals surface area contributed by atoms with Crippen LogP contribution in [0.1, 0.15) is 10.6 Å². The molecule has 1 aromatic carbocycles. The van der Waals surface area contributed by atoms with Gasteiger partial charge in [-0.15, -0.1) is 0 Å². The smallest absolute Gasteiger partial charge is 0.289 e. The Hall–Kier alpha value is -3.32. The molecule has 7 nitrogen and oxygen atoms in total. The SMILES string of the molecule is COc1ccc(-c2ccc(C(=O)N3CC(N4CCN(c5ccccn5)CC4)C3)o2)cc1. The van der Waals surface area contributed by atoms with Gasteiger partial charge in [-0.05, 0) is 48.5 Å². The van der Waals surface area contributed by atoms with E-state index in [1.54, 1.807) is 13.2 Å². The summed E-state index contributed by atoms with van der Waals surface area (Å²) in [7, 11) is 1.64. The van der Waals surface area contributed by atoms with Gasteiger partial charge in [-0.1, -0.05) is 6.07 Å². The van der Waals surface area contributed by atoms with Crippen LogP contribution in [0, 0.1) is 0 Å². The molecule has 5 rings (SSSR count). The van der Waals surface area contributed by atoms with E-state index in [9.17, 15) is 4.79 Å². The largest absolute Gasteiger partial charge is 0.497 e. The summed E-state index contributed by atoms with van der Waals surface area (Å²) in [5.74, 6) is 2.87. The number of anilines is 1. The van der Waals surface area contributed by atoms with Crippen molar-refractivity contribution in [2.45, 2.75) is 6.04 Å². The zero-order valence-electron chi connectivity index (χ0n) is 17.6. The first kappa shape index (κ1) is 19.6. The molecule has 2 fully saturated rings. The van der Waals surface area contributed by atoms with E-state index in [1.165, 1.54) is 0 Å². The summed E-state index contributed by atoms with van der Waals surface area (Å²) in [6.45, 7) is 5.41. The van der Waals surface area contributed by atoms with Crippen LogP contribution in [0.4, 0.5) is 5.82 Å². The fraction of sp³-hybridized carbons (Fsp3) is 0.333. The molecule has 0 N–H and O–H groups in total. The van der Waals surface area contributed by atoms with Gasteiger partial charge in [0, 0.05) is 57.1 Å². The van der Waals surface area contributed by atoms with Crippen LogP contribution in [0.2, 0.25) is 0 Å². The minimum absolute atomic E-state index is 0.0388. The van der Waals surface area contributed by atoms with Crippen LogP contribution in [0.5, 0.6) is 5.75 Å². The Morgan fingerprint density at radius 3 is 2.45 bits per heavy atom. The van der Waals surface area contributed by atoms with E-state index in [-0.39, 0.29) is 5.91 Å². The first-order valence-electron chi connectivity index (χ1n) is 10.6. The van der Waals surface area contributed by atoms with Crippen LogP contribution >= 0.6 is 0 Å². The molecule has 0 bridgehead atoms. The van der Waals surface area contributed by atoms with E-state index in [4.69, 9.17) is 9.15 Å². The highest BCUT2D eigenvalue weighted by molar-refractivity contribution is 5.92. The number of benzene rings is 1. The van der Waals surface area contributed by atoms with Crippen LogP contribution in [0.15, 0.2) is 65.2 Å². The number of hydrogen-bond acceptors (Lipinski definition) is 6. The lowest BCUT2D eigenvalue weighted by Gasteiger charge is -2.48. The highest BCUT2D eigenvalue weighted by atomic mass is 16.5. The molecule has 160 valence electrons. The number of nitrogens with zero attached hydrogens (tertiary/aromatic N) is 4. The summed E-state index contributed by atoms with van der Waals surface area (Å²) in [5.41, 5.74) is 0.923. The predicted octanol–water partition coefficient (Wildman–Crippen LogP) is 3.00. The van der Waals surface area contributed by atoms with Crippen LogP contribution in [-0.4, -0.2) is 73.1 Å². The zero-order valence-corrected chi connectivity index (χ0v) is 17.6. The molecule has 2 aliphatic heterocycles. The second kappa shape index (κ2) is 8.43. The third kappa shape index (κ3) is 4.01. The normalized spacial score (nSPS) is 17.5. The van der Waals surface area contributed by atoms with Crippen molar-refractivity contribution in [1.29, 1.82) is 0 Å². The molecule has 3 aromatic rings. The summed E-state index contributed by atoms with van der Waals surface area (Å²) in [5, 5.41) is 0. The van der Waals surface area contributed by atoms with Crippen molar-refractivity contribution < 1.29 is 13.9 Å². The number of carbonyl (C=O) groups is 1. The van der Waals surface area contributed by atoms with Crippen LogP contribution in [0.25, 0.3) is 11.3 Å². The average Bonchev–Trinajstić information content (AvgIpc) is 3.29. The van der Waals surface area contributed by atoms with Crippen LogP contribution < -0.4 is 9.64 Å². The van der Waals surface area contributed by atoms with Gasteiger partial charge in [0.15, 0.2) is 5.76 Å². The maximum atomic E-state index is 12.8. The number of methoxy groups -OCH3 is 1. The van der Waals surface area contributed by atoms with Gasteiger partial charge >= 0.3 is 0 Å². The van der Waals surface area contributed by atoms with Gasteiger partial charge in [0.05, 0.1) is 7.11 Å². The Balaban J connectivity index is 1.13. The maximum absolute atomic E-state index is 12.8. The van der Waals surface area contributed by atoms with E-state index in [0.29, 0.717) is 17.6 Å². The lowest BCUT2D eigenvalue weighted by Crippen LogP contribution is -2.64. The van der Waals surface area contributed by atoms with Gasteiger partial charge in [0.2, 0.25) is 0 Å². The highest BCUT2D eigenvalue weighted by Gasteiger charge is 2.37. The first-order chi connectivity index (χ1) is 15.2. The number of carbonyl (C=O) groups excluding carboxylic acids is 1. The standard InChI is InChI=1S/C24H26N4O3/c1-30-20-7-5-18(6-8-20)21-9-10-22(31-21)24(29)28-16-19(17-28)26-12-14-27(15-13-26)23-4-2-3-11-25-23/h2-11,19H,12-17H2,1H3. The minimum Gasteiger partial charge on any atom is -0.497 e. The number of likely N-dealkylation sites (tertiary alicyclic amines) is 1. The van der Waals surface area contributed by atoms with Gasteiger partial charge in [0.25, 0.3) is 5.91 Å². The average molecular weight is 418 g/mol. The number of piperazine rings is 1. The monoisotopic (exact) mass is 418 g/mol. The Morgan fingerprint density at radius 2 is 1.77 bits per heavy atom. The highest BCUT2D eigenvalue weighted by Crippen LogP contribution is 2.27. The van der Waals surface area contributed by atoms with Crippen LogP contribution in [0.3, 0.4) is 0 Å². The molecular weight excluding hydrogens is 392 g/mol. The number of amides is 1. The number of furan rings is 1. The molecule has 0 radical (unpaired) electrons. The van der Waals surface area contributed by atoms with Gasteiger partial charge in [0.1, 0.15) is 17.3 Å². The number of hydrogen-bond donors (Lipinski definition) is 0. The third-order valence-corrected chi connectivity index (χ3v) is 6.14. The Bertz CT molecular complexity index is 1020. The van der Waals surface area contributed by atoms with Gasteiger partial charge in [-0.3, -0.25) is 9.69 Å². The Labute approximate surface area is 181 Å². The Morgan fingerprint density at radius 1 is 1.00 bits per heavy atom. The molecule has 1 amide bonds. The minimum atomic E-state index is -0.0388. The van der Waals surface area contributed by atoms with E-state index in [1.807, 2.05) is 53.6 Å². The molecule has 0 saturated carbocycles. The summed E-state index contributed by atoms with van der Waals surface area (Å²) < 4.78 is 11.0. The Kier molecular flexibility index (Phi) is 5.34. The predicted molar refractivity (Wildman–Crippen MR) is 118 cm³/mol. The molecule has 0 spiro atoms. The molecule has 0 atom stereocenters. The van der Waals surface area contributed by atoms with Crippen LogP contribution in [-0.2, 0) is 0 Å². The zero-order chi connectivity index (χ0) is 21.2. The molecule has 2 saturated heterocycles. The molecule has 7 heteroatoms. The maximum Gasteiger partial charge on any atom is 0.289 e. The molecule has 31 heavy (non-hydrogen) atoms. The first-order valence-corrected chi connectivity index (χ1v) is 10.6. The van der Waals surface area contributed by atoms with Gasteiger partial charge < -0.3 is 19.0 Å². The topological polar surface area (TPSA) is 62.1 Å². The van der Waals surface area contributed by atoms with Crippen molar-refractivity contribution in [1.82, 2.24) is 14.8 Å². The molecule has 4 heterocycles. The lowest BCUT2D eigenvalue weighted by atomic mass is 10.1. The van der Waals surface area contributed by atoms with E-state index >= 15 is 0 Å². The molecule has 2 aliphatic rings. The van der Waals surface area contributed by atoms with Crippen molar-refractivity contribution in [3.8, 4) is 17.1 Å². The number of rotatable bonds is 5. The lowest BCUT2D eigenvalue weighted by molar-refractivity contribution is 0.0224. The number of aromatic nitrogens is 1. The van der Waals surface area contributed by atoms with Crippen molar-refractivity contribution in [2.24, 2.45) is 0 Å². The number of pyridine rings is 1. The molecular formula is C24H26N4O3. The summed E-state index contributed by atoms with van der Waals surface area (Å²) in [6, 6.07) is 17.7. The summed E-state index contributed by atoms with van der Waals surface area (Å²) >= 11 is 0. The molecule has 2 aromatic heterocycles. The second-order valence-electron chi connectivity index (χ2n) is 7.97. The molecule has 0 aliphatic carbocycles. The second-order valence-corrected chi connectivity index (χ2v) is 7.97. The van der Waals surface area contributed by atoms with E-state index < -0.39 is 0 Å². The number of ether oxygens (including phenoxy) is 1. The van der Waals surface area contributed by atoms with Crippen molar-refractivity contribution in [3.05, 3.63) is 66.6 Å². The summed E-state index contributed by atoms with van der Waals surface area (Å²) in [6.07, 6.45) is 1.84. The van der Waals surface area contributed by atoms with Gasteiger partial charge in [-0.2, -0.15) is 0 Å². The fourth-order valence-corrected chi connectivity index (χ4v) is 4.23. The fourth-order valence-electron chi connectivity index (χ4n) is 4.23.